The summed E-state index contributed by atoms with van der Waals surface area (Å²) in [5, 5.41) is 0.581. The number of hydrogen-bond acceptors (Lipinski definition) is 4. The first-order valence-corrected chi connectivity index (χ1v) is 8.53. The molecular formula is C20H16N2OS. The lowest BCUT2D eigenvalue weighted by Gasteiger charge is -2.08. The van der Waals surface area contributed by atoms with E-state index >= 15 is 0 Å². The van der Waals surface area contributed by atoms with Crippen LogP contribution in [0.4, 0.5) is 5.13 Å². The first-order chi connectivity index (χ1) is 11.8. The summed E-state index contributed by atoms with van der Waals surface area (Å²) in [4.78, 5) is 4.26. The van der Waals surface area contributed by atoms with Crippen molar-refractivity contribution in [1.29, 1.82) is 0 Å². The number of nitrogen functional groups attached to an aromatic ring is 1. The van der Waals surface area contributed by atoms with Crippen molar-refractivity contribution in [3.63, 3.8) is 0 Å². The van der Waals surface area contributed by atoms with Crippen LogP contribution in [0.2, 0.25) is 0 Å². The van der Waals surface area contributed by atoms with Crippen LogP contribution < -0.4 is 10.5 Å². The van der Waals surface area contributed by atoms with Crippen molar-refractivity contribution >= 4 is 26.7 Å². The Morgan fingerprint density at radius 3 is 2.58 bits per heavy atom. The molecule has 0 saturated heterocycles. The van der Waals surface area contributed by atoms with E-state index in [0.717, 1.165) is 21.5 Å². The van der Waals surface area contributed by atoms with E-state index in [1.165, 1.54) is 22.5 Å². The average molecular weight is 332 g/mol. The SMILES string of the molecule is Nc1nc2ccc(OCc3cccc(-c4ccccc4)c3)cc2s1. The summed E-state index contributed by atoms with van der Waals surface area (Å²) < 4.78 is 6.98. The van der Waals surface area contributed by atoms with Crippen LogP contribution in [0, 0.1) is 0 Å². The maximum absolute atomic E-state index is 5.94. The zero-order valence-electron chi connectivity index (χ0n) is 13.0. The standard InChI is InChI=1S/C20H16N2OS/c21-20-22-18-10-9-17(12-19(18)24-20)23-13-14-5-4-8-16(11-14)15-6-2-1-3-7-15/h1-12H,13H2,(H2,21,22). The summed E-state index contributed by atoms with van der Waals surface area (Å²) >= 11 is 1.47. The van der Waals surface area contributed by atoms with Crippen LogP contribution in [0.15, 0.2) is 72.8 Å². The second-order valence-corrected chi connectivity index (χ2v) is 6.60. The number of hydrogen-bond donors (Lipinski definition) is 1. The molecule has 0 atom stereocenters. The van der Waals surface area contributed by atoms with Crippen molar-refractivity contribution < 1.29 is 4.74 Å². The molecule has 0 aliphatic carbocycles. The van der Waals surface area contributed by atoms with E-state index in [-0.39, 0.29) is 0 Å². The fourth-order valence-corrected chi connectivity index (χ4v) is 3.41. The topological polar surface area (TPSA) is 48.1 Å². The summed E-state index contributed by atoms with van der Waals surface area (Å²) in [7, 11) is 0. The van der Waals surface area contributed by atoms with Gasteiger partial charge in [-0.25, -0.2) is 4.98 Å². The lowest BCUT2D eigenvalue weighted by Crippen LogP contribution is -1.95. The summed E-state index contributed by atoms with van der Waals surface area (Å²) in [6.07, 6.45) is 0. The van der Waals surface area contributed by atoms with Crippen LogP contribution in [0.1, 0.15) is 5.56 Å². The van der Waals surface area contributed by atoms with Gasteiger partial charge in [0.1, 0.15) is 12.4 Å². The van der Waals surface area contributed by atoms with E-state index in [4.69, 9.17) is 10.5 Å². The lowest BCUT2D eigenvalue weighted by molar-refractivity contribution is 0.307. The molecule has 1 heterocycles. The first-order valence-electron chi connectivity index (χ1n) is 7.71. The van der Waals surface area contributed by atoms with Gasteiger partial charge >= 0.3 is 0 Å². The predicted octanol–water partition coefficient (Wildman–Crippen LogP) is 5.12. The van der Waals surface area contributed by atoms with Crippen LogP contribution in [-0.2, 0) is 6.61 Å². The Kier molecular flexibility index (Phi) is 3.89. The number of thiazole rings is 1. The third kappa shape index (κ3) is 3.09. The van der Waals surface area contributed by atoms with Gasteiger partial charge < -0.3 is 10.5 Å². The van der Waals surface area contributed by atoms with Crippen LogP contribution in [0.3, 0.4) is 0 Å². The molecule has 0 amide bonds. The van der Waals surface area contributed by atoms with Crippen molar-refractivity contribution in [2.45, 2.75) is 6.61 Å². The van der Waals surface area contributed by atoms with Crippen LogP contribution >= 0.6 is 11.3 Å². The minimum Gasteiger partial charge on any atom is -0.489 e. The van der Waals surface area contributed by atoms with E-state index in [2.05, 4.69) is 53.5 Å². The minimum atomic E-state index is 0.528. The first kappa shape index (κ1) is 14.7. The number of nitrogens with two attached hydrogens (primary N) is 1. The molecule has 4 rings (SSSR count). The van der Waals surface area contributed by atoms with E-state index in [1.807, 2.05) is 24.3 Å². The molecule has 0 fully saturated rings. The summed E-state index contributed by atoms with van der Waals surface area (Å²) in [5.74, 6) is 0.830. The quantitative estimate of drug-likeness (QED) is 0.564. The average Bonchev–Trinajstić information content (AvgIpc) is 3.00. The van der Waals surface area contributed by atoms with Gasteiger partial charge in [-0.2, -0.15) is 0 Å². The molecule has 2 N–H and O–H groups in total. The largest absolute Gasteiger partial charge is 0.489 e. The van der Waals surface area contributed by atoms with E-state index in [1.54, 1.807) is 0 Å². The van der Waals surface area contributed by atoms with Crippen molar-refractivity contribution in [2.75, 3.05) is 5.73 Å². The van der Waals surface area contributed by atoms with Gasteiger partial charge in [0.05, 0.1) is 10.2 Å². The number of anilines is 1. The smallest absolute Gasteiger partial charge is 0.181 e. The van der Waals surface area contributed by atoms with Crippen LogP contribution in [0.25, 0.3) is 21.3 Å². The second-order valence-electron chi connectivity index (χ2n) is 5.54. The summed E-state index contributed by atoms with van der Waals surface area (Å²) in [6.45, 7) is 0.528. The number of nitrogens with zero attached hydrogens (tertiary/aromatic N) is 1. The van der Waals surface area contributed by atoms with Crippen LogP contribution in [0.5, 0.6) is 5.75 Å². The molecule has 24 heavy (non-hydrogen) atoms. The zero-order chi connectivity index (χ0) is 16.4. The van der Waals surface area contributed by atoms with Gasteiger partial charge in [-0.3, -0.25) is 0 Å². The highest BCUT2D eigenvalue weighted by Gasteiger charge is 2.04. The number of rotatable bonds is 4. The Bertz CT molecular complexity index is 979. The van der Waals surface area contributed by atoms with Gasteiger partial charge in [0, 0.05) is 0 Å². The number of aromatic nitrogens is 1. The molecule has 4 aromatic rings. The van der Waals surface area contributed by atoms with Crippen molar-refractivity contribution in [2.24, 2.45) is 0 Å². The molecule has 1 aromatic heterocycles. The molecule has 0 aliphatic heterocycles. The normalized spacial score (nSPS) is 10.8. The van der Waals surface area contributed by atoms with Crippen LogP contribution in [-0.4, -0.2) is 4.98 Å². The summed E-state index contributed by atoms with van der Waals surface area (Å²) in [6, 6.07) is 24.6. The van der Waals surface area contributed by atoms with Gasteiger partial charge in [0.2, 0.25) is 0 Å². The molecule has 0 aliphatic rings. The Morgan fingerprint density at radius 2 is 1.71 bits per heavy atom. The summed E-state index contributed by atoms with van der Waals surface area (Å²) in [5.41, 5.74) is 10.2. The highest BCUT2D eigenvalue weighted by atomic mass is 32.1. The third-order valence-electron chi connectivity index (χ3n) is 3.82. The number of fused-ring (bicyclic) bond motifs is 1. The zero-order valence-corrected chi connectivity index (χ0v) is 13.8. The van der Waals surface area contributed by atoms with Gasteiger partial charge in [0.15, 0.2) is 5.13 Å². The van der Waals surface area contributed by atoms with E-state index in [0.29, 0.717) is 11.7 Å². The molecule has 0 saturated carbocycles. The van der Waals surface area contributed by atoms with E-state index < -0.39 is 0 Å². The molecule has 3 aromatic carbocycles. The van der Waals surface area contributed by atoms with Gasteiger partial charge in [-0.1, -0.05) is 59.9 Å². The Hall–Kier alpha value is -2.85. The van der Waals surface area contributed by atoms with Gasteiger partial charge in [-0.05, 0) is 41.0 Å². The molecule has 4 heteroatoms. The van der Waals surface area contributed by atoms with Crippen molar-refractivity contribution in [3.05, 3.63) is 78.4 Å². The molecule has 0 unspecified atom stereocenters. The molecule has 3 nitrogen and oxygen atoms in total. The number of ether oxygens (including phenoxy) is 1. The van der Waals surface area contributed by atoms with Crippen molar-refractivity contribution in [3.8, 4) is 16.9 Å². The highest BCUT2D eigenvalue weighted by Crippen LogP contribution is 2.28. The Balaban J connectivity index is 1.52. The predicted molar refractivity (Wildman–Crippen MR) is 100 cm³/mol. The number of benzene rings is 3. The molecule has 118 valence electrons. The fourth-order valence-electron chi connectivity index (χ4n) is 2.65. The molecule has 0 radical (unpaired) electrons. The van der Waals surface area contributed by atoms with E-state index in [9.17, 15) is 0 Å². The Morgan fingerprint density at radius 1 is 0.875 bits per heavy atom. The van der Waals surface area contributed by atoms with Crippen molar-refractivity contribution in [1.82, 2.24) is 4.98 Å². The second kappa shape index (κ2) is 6.34. The Labute approximate surface area is 144 Å². The molecule has 0 bridgehead atoms. The lowest BCUT2D eigenvalue weighted by atomic mass is 10.0. The molecular weight excluding hydrogens is 316 g/mol. The minimum absolute atomic E-state index is 0.528. The molecule has 0 spiro atoms. The van der Waals surface area contributed by atoms with Gasteiger partial charge in [-0.15, -0.1) is 0 Å². The highest BCUT2D eigenvalue weighted by molar-refractivity contribution is 7.22. The van der Waals surface area contributed by atoms with Gasteiger partial charge in [0.25, 0.3) is 0 Å². The monoisotopic (exact) mass is 332 g/mol. The maximum atomic E-state index is 5.94. The maximum Gasteiger partial charge on any atom is 0.181 e. The fraction of sp³-hybridized carbons (Fsp3) is 0.0500. The third-order valence-corrected chi connectivity index (χ3v) is 4.66.